The molecule has 0 amide bonds. The second kappa shape index (κ2) is 6.88. The number of alkyl halides is 3. The largest absolute Gasteiger partial charge is 0.441 e. The first-order chi connectivity index (χ1) is 9.47. The van der Waals surface area contributed by atoms with Crippen molar-refractivity contribution in [1.82, 2.24) is 5.32 Å². The summed E-state index contributed by atoms with van der Waals surface area (Å²) in [6, 6.07) is 0. The standard InChI is InChI=1S/C14H24F3NOS/c1-2-7-18-10-13(6-9-20-14(15,16)17)5-8-19-12(13)11-3-4-11/h11-12,18H,2-10H2,1H3. The number of hydrogen-bond acceptors (Lipinski definition) is 3. The molecule has 0 spiro atoms. The molecule has 0 aromatic carbocycles. The van der Waals surface area contributed by atoms with E-state index in [0.29, 0.717) is 18.9 Å². The van der Waals surface area contributed by atoms with Crippen LogP contribution in [0.4, 0.5) is 13.2 Å². The smallest absolute Gasteiger partial charge is 0.377 e. The zero-order chi connectivity index (χ0) is 14.6. The van der Waals surface area contributed by atoms with Gasteiger partial charge in [0.25, 0.3) is 0 Å². The first-order valence-corrected chi connectivity index (χ1v) is 8.48. The van der Waals surface area contributed by atoms with E-state index in [1.807, 2.05) is 0 Å². The lowest BCUT2D eigenvalue weighted by atomic mass is 9.76. The van der Waals surface area contributed by atoms with Crippen LogP contribution in [0.2, 0.25) is 0 Å². The van der Waals surface area contributed by atoms with Gasteiger partial charge in [-0.25, -0.2) is 0 Å². The van der Waals surface area contributed by atoms with Gasteiger partial charge in [0.15, 0.2) is 0 Å². The van der Waals surface area contributed by atoms with Crippen LogP contribution in [-0.2, 0) is 4.74 Å². The van der Waals surface area contributed by atoms with Gasteiger partial charge in [-0.1, -0.05) is 18.7 Å². The van der Waals surface area contributed by atoms with Gasteiger partial charge in [0.1, 0.15) is 0 Å². The summed E-state index contributed by atoms with van der Waals surface area (Å²) in [5.41, 5.74) is -4.21. The van der Waals surface area contributed by atoms with Crippen molar-refractivity contribution in [2.45, 2.75) is 50.6 Å². The van der Waals surface area contributed by atoms with Crippen LogP contribution in [0.1, 0.15) is 39.0 Å². The van der Waals surface area contributed by atoms with E-state index in [-0.39, 0.29) is 29.0 Å². The van der Waals surface area contributed by atoms with E-state index >= 15 is 0 Å². The van der Waals surface area contributed by atoms with Crippen LogP contribution in [0.5, 0.6) is 0 Å². The molecule has 0 radical (unpaired) electrons. The fraction of sp³-hybridized carbons (Fsp3) is 1.00. The molecule has 1 aliphatic carbocycles. The third kappa shape index (κ3) is 4.53. The third-order valence-corrected chi connectivity index (χ3v) is 5.06. The highest BCUT2D eigenvalue weighted by molar-refractivity contribution is 8.00. The van der Waals surface area contributed by atoms with Gasteiger partial charge < -0.3 is 10.1 Å². The summed E-state index contributed by atoms with van der Waals surface area (Å²) < 4.78 is 42.9. The number of nitrogens with one attached hydrogen (secondary N) is 1. The maximum absolute atomic E-state index is 12.3. The predicted octanol–water partition coefficient (Wildman–Crippen LogP) is 3.81. The van der Waals surface area contributed by atoms with E-state index in [4.69, 9.17) is 4.74 Å². The van der Waals surface area contributed by atoms with Crippen molar-refractivity contribution in [2.24, 2.45) is 11.3 Å². The minimum atomic E-state index is -4.12. The number of ether oxygens (including phenoxy) is 1. The lowest BCUT2D eigenvalue weighted by Crippen LogP contribution is -2.42. The van der Waals surface area contributed by atoms with Crippen LogP contribution in [0.3, 0.4) is 0 Å². The summed E-state index contributed by atoms with van der Waals surface area (Å²) in [4.78, 5) is 0. The zero-order valence-corrected chi connectivity index (χ0v) is 12.8. The Morgan fingerprint density at radius 3 is 2.70 bits per heavy atom. The molecule has 20 heavy (non-hydrogen) atoms. The van der Waals surface area contributed by atoms with Crippen LogP contribution in [-0.4, -0.2) is 37.1 Å². The third-order valence-electron chi connectivity index (χ3n) is 4.32. The maximum Gasteiger partial charge on any atom is 0.441 e. The van der Waals surface area contributed by atoms with Crippen LogP contribution in [0.25, 0.3) is 0 Å². The van der Waals surface area contributed by atoms with Crippen molar-refractivity contribution in [1.29, 1.82) is 0 Å². The molecule has 6 heteroatoms. The summed E-state index contributed by atoms with van der Waals surface area (Å²) >= 11 is 0.109. The van der Waals surface area contributed by atoms with Gasteiger partial charge in [-0.15, -0.1) is 0 Å². The molecule has 1 saturated heterocycles. The second-order valence-corrected chi connectivity index (χ2v) is 7.12. The minimum absolute atomic E-state index is 0.0887. The number of thioether (sulfide) groups is 1. The predicted molar refractivity (Wildman–Crippen MR) is 75.8 cm³/mol. The van der Waals surface area contributed by atoms with E-state index in [1.54, 1.807) is 0 Å². The molecule has 0 aromatic heterocycles. The molecule has 118 valence electrons. The fourth-order valence-electron chi connectivity index (χ4n) is 3.17. The molecule has 1 N–H and O–H groups in total. The molecule has 2 atom stereocenters. The monoisotopic (exact) mass is 311 g/mol. The van der Waals surface area contributed by atoms with E-state index in [2.05, 4.69) is 12.2 Å². The fourth-order valence-corrected chi connectivity index (χ4v) is 3.91. The van der Waals surface area contributed by atoms with Gasteiger partial charge in [-0.05, 0) is 44.6 Å². The second-order valence-electron chi connectivity index (χ2n) is 5.96. The van der Waals surface area contributed by atoms with Crippen LogP contribution in [0.15, 0.2) is 0 Å². The average Bonchev–Trinajstić information content (AvgIpc) is 3.11. The van der Waals surface area contributed by atoms with Crippen molar-refractivity contribution in [2.75, 3.05) is 25.4 Å². The maximum atomic E-state index is 12.3. The topological polar surface area (TPSA) is 21.3 Å². The van der Waals surface area contributed by atoms with Crippen molar-refractivity contribution in [3.05, 3.63) is 0 Å². The Morgan fingerprint density at radius 2 is 2.10 bits per heavy atom. The molecular weight excluding hydrogens is 287 g/mol. The van der Waals surface area contributed by atoms with Crippen molar-refractivity contribution in [3.8, 4) is 0 Å². The zero-order valence-electron chi connectivity index (χ0n) is 12.0. The van der Waals surface area contributed by atoms with Gasteiger partial charge >= 0.3 is 5.51 Å². The SMILES string of the molecule is CCCNCC1(CCSC(F)(F)F)CCOC1C1CC1. The number of hydrogen-bond donors (Lipinski definition) is 1. The first kappa shape index (κ1) is 16.4. The molecule has 1 heterocycles. The molecule has 2 aliphatic rings. The highest BCUT2D eigenvalue weighted by Gasteiger charge is 2.50. The molecule has 2 rings (SSSR count). The quantitative estimate of drug-likeness (QED) is 0.689. The molecule has 1 saturated carbocycles. The lowest BCUT2D eigenvalue weighted by molar-refractivity contribution is -0.0331. The van der Waals surface area contributed by atoms with Crippen LogP contribution >= 0.6 is 11.8 Å². The molecule has 2 unspecified atom stereocenters. The molecule has 2 fully saturated rings. The lowest BCUT2D eigenvalue weighted by Gasteiger charge is -2.35. The molecule has 2 nitrogen and oxygen atoms in total. The van der Waals surface area contributed by atoms with Gasteiger partial charge in [0, 0.05) is 24.3 Å². The molecule has 1 aliphatic heterocycles. The molecule has 0 bridgehead atoms. The highest BCUT2D eigenvalue weighted by atomic mass is 32.2. The Morgan fingerprint density at radius 1 is 1.35 bits per heavy atom. The molecule has 0 aromatic rings. The summed E-state index contributed by atoms with van der Waals surface area (Å²) in [6.07, 6.45) is 5.04. The summed E-state index contributed by atoms with van der Waals surface area (Å²) in [6.45, 7) is 4.51. The Bertz CT molecular complexity index is 309. The van der Waals surface area contributed by atoms with Crippen molar-refractivity contribution in [3.63, 3.8) is 0 Å². The molecular formula is C14H24F3NOS. The Kier molecular flexibility index (Phi) is 5.65. The van der Waals surface area contributed by atoms with Gasteiger partial charge in [-0.2, -0.15) is 13.2 Å². The van der Waals surface area contributed by atoms with Crippen molar-refractivity contribution >= 4 is 11.8 Å². The number of rotatable bonds is 8. The van der Waals surface area contributed by atoms with Gasteiger partial charge in [0.2, 0.25) is 0 Å². The van der Waals surface area contributed by atoms with E-state index < -0.39 is 5.51 Å². The van der Waals surface area contributed by atoms with Gasteiger partial charge in [-0.3, -0.25) is 0 Å². The minimum Gasteiger partial charge on any atom is -0.377 e. The average molecular weight is 311 g/mol. The first-order valence-electron chi connectivity index (χ1n) is 7.50. The summed E-state index contributed by atoms with van der Waals surface area (Å²) in [5.74, 6) is 0.723. The summed E-state index contributed by atoms with van der Waals surface area (Å²) in [5, 5.41) is 3.41. The normalized spacial score (nSPS) is 30.9. The Labute approximate surface area is 123 Å². The van der Waals surface area contributed by atoms with Gasteiger partial charge in [0.05, 0.1) is 6.10 Å². The Balaban J connectivity index is 1.92. The Hall–Kier alpha value is 0.0600. The number of halogens is 3. The van der Waals surface area contributed by atoms with Crippen LogP contribution in [0, 0.1) is 11.3 Å². The van der Waals surface area contributed by atoms with Crippen molar-refractivity contribution < 1.29 is 17.9 Å². The van der Waals surface area contributed by atoms with E-state index in [0.717, 1.165) is 25.9 Å². The summed E-state index contributed by atoms with van der Waals surface area (Å²) in [7, 11) is 0. The van der Waals surface area contributed by atoms with E-state index in [1.165, 1.54) is 12.8 Å². The van der Waals surface area contributed by atoms with Crippen LogP contribution < -0.4 is 5.32 Å². The highest BCUT2D eigenvalue weighted by Crippen LogP contribution is 2.50. The van der Waals surface area contributed by atoms with E-state index in [9.17, 15) is 13.2 Å².